The maximum absolute atomic E-state index is 13.5. The molecule has 1 fully saturated rings. The highest BCUT2D eigenvalue weighted by Gasteiger charge is 2.39. The fraction of sp³-hybridized carbons (Fsp3) is 0.577. The summed E-state index contributed by atoms with van der Waals surface area (Å²) in [5.41, 5.74) is 1.22. The summed E-state index contributed by atoms with van der Waals surface area (Å²) in [6.07, 6.45) is 8.71. The van der Waals surface area contributed by atoms with Crippen molar-refractivity contribution in [3.05, 3.63) is 47.0 Å². The minimum atomic E-state index is -0.492. The lowest BCUT2D eigenvalue weighted by Gasteiger charge is -2.38. The predicted octanol–water partition coefficient (Wildman–Crippen LogP) is 5.44. The van der Waals surface area contributed by atoms with Crippen molar-refractivity contribution >= 4 is 27.3 Å². The third-order valence-corrected chi connectivity index (χ3v) is 7.62. The molecule has 2 aliphatic heterocycles. The van der Waals surface area contributed by atoms with Gasteiger partial charge in [-0.15, -0.1) is 11.3 Å². The number of thiophene rings is 1. The van der Waals surface area contributed by atoms with Gasteiger partial charge in [0, 0.05) is 42.8 Å². The Bertz CT molecular complexity index is 915. The molecule has 2 aliphatic rings. The van der Waals surface area contributed by atoms with Gasteiger partial charge in [-0.1, -0.05) is 37.5 Å². The zero-order chi connectivity index (χ0) is 22.3. The molecule has 32 heavy (non-hydrogen) atoms. The number of carbonyl (C=O) groups is 1. The second-order valence-electron chi connectivity index (χ2n) is 8.78. The molecule has 1 N–H and O–H groups in total. The number of ether oxygens (including phenoxy) is 2. The van der Waals surface area contributed by atoms with E-state index in [0.717, 1.165) is 32.4 Å². The van der Waals surface area contributed by atoms with Crippen LogP contribution in [0.2, 0.25) is 0 Å². The van der Waals surface area contributed by atoms with Gasteiger partial charge in [-0.2, -0.15) is 0 Å². The van der Waals surface area contributed by atoms with Crippen LogP contribution >= 0.6 is 11.3 Å². The van der Waals surface area contributed by atoms with Gasteiger partial charge in [0.25, 0.3) is 5.91 Å². The van der Waals surface area contributed by atoms with E-state index in [4.69, 9.17) is 9.47 Å². The molecule has 4 rings (SSSR count). The monoisotopic (exact) mass is 457 g/mol. The average Bonchev–Trinajstić information content (AvgIpc) is 3.21. The van der Waals surface area contributed by atoms with Crippen LogP contribution in [0.1, 0.15) is 63.4 Å². The number of hydrogen-bond donors (Lipinski definition) is 1. The Balaban J connectivity index is 1.70. The first-order valence-corrected chi connectivity index (χ1v) is 13.0. The number of rotatable bonds is 7. The Morgan fingerprint density at radius 1 is 1.19 bits per heavy atom. The molecule has 1 aromatic carbocycles. The van der Waals surface area contributed by atoms with Crippen molar-refractivity contribution in [2.75, 3.05) is 26.3 Å². The van der Waals surface area contributed by atoms with Gasteiger partial charge >= 0.3 is 0 Å². The molecule has 2 aromatic rings. The van der Waals surface area contributed by atoms with Crippen molar-refractivity contribution in [1.82, 2.24) is 4.90 Å². The molecule has 0 bridgehead atoms. The normalized spacial score (nSPS) is 24.5. The van der Waals surface area contributed by atoms with E-state index in [9.17, 15) is 9.90 Å². The van der Waals surface area contributed by atoms with Crippen molar-refractivity contribution < 1.29 is 19.4 Å². The lowest BCUT2D eigenvalue weighted by Crippen LogP contribution is -2.41. The largest absolute Gasteiger partial charge is 0.459 e. The highest BCUT2D eigenvalue weighted by Crippen LogP contribution is 2.43. The lowest BCUT2D eigenvalue weighted by molar-refractivity contribution is -0.170. The summed E-state index contributed by atoms with van der Waals surface area (Å²) in [6.45, 7) is 4.19. The maximum Gasteiger partial charge on any atom is 0.288 e. The Kier molecular flexibility index (Phi) is 8.22. The van der Waals surface area contributed by atoms with Gasteiger partial charge in [0.2, 0.25) is 6.29 Å². The third kappa shape index (κ3) is 5.19. The predicted molar refractivity (Wildman–Crippen MR) is 129 cm³/mol. The lowest BCUT2D eigenvalue weighted by atomic mass is 9.80. The molecule has 1 saturated heterocycles. The molecule has 1 aromatic heterocycles. The number of hydrogen-bond acceptors (Lipinski definition) is 5. The van der Waals surface area contributed by atoms with E-state index in [0.29, 0.717) is 18.8 Å². The summed E-state index contributed by atoms with van der Waals surface area (Å²) >= 11 is 1.74. The van der Waals surface area contributed by atoms with Gasteiger partial charge in [-0.3, -0.25) is 4.79 Å². The van der Waals surface area contributed by atoms with Crippen molar-refractivity contribution in [2.24, 2.45) is 5.92 Å². The molecular weight excluding hydrogens is 422 g/mol. The summed E-state index contributed by atoms with van der Waals surface area (Å²) in [5.74, 6) is 0.465. The summed E-state index contributed by atoms with van der Waals surface area (Å²) in [4.78, 5) is 15.5. The first kappa shape index (κ1) is 23.3. The number of amides is 1. The SMILES string of the molecule is CCO[C@H]1OC(C(=O)N2CCCCCCC2)=C[C@@H](c2csc3ccccc23)[C@H]1CCCO. The molecule has 0 aliphatic carbocycles. The van der Waals surface area contributed by atoms with Crippen LogP contribution in [0, 0.1) is 5.92 Å². The zero-order valence-corrected chi connectivity index (χ0v) is 19.8. The number of nitrogens with zero attached hydrogens (tertiary/aromatic N) is 1. The van der Waals surface area contributed by atoms with Crippen molar-refractivity contribution in [3.63, 3.8) is 0 Å². The molecule has 5 nitrogen and oxygen atoms in total. The second kappa shape index (κ2) is 11.3. The van der Waals surface area contributed by atoms with Gasteiger partial charge in [-0.05, 0) is 61.1 Å². The van der Waals surface area contributed by atoms with Gasteiger partial charge < -0.3 is 19.5 Å². The Labute approximate surface area is 195 Å². The molecule has 174 valence electrons. The summed E-state index contributed by atoms with van der Waals surface area (Å²) in [5, 5.41) is 12.9. The standard InChI is InChI=1S/C26H35NO4S/c1-2-30-26-20(12-10-16-28)21(22-18-32-24-13-7-6-11-19(22)24)17-23(31-26)25(29)27-14-8-4-3-5-9-15-27/h6-7,11,13,17-18,20-21,26,28H,2-5,8-10,12,14-16H2,1H3/t20-,21-,26+/m1/s1. The Morgan fingerprint density at radius 2 is 1.94 bits per heavy atom. The van der Waals surface area contributed by atoms with Gasteiger partial charge in [-0.25, -0.2) is 0 Å². The average molecular weight is 458 g/mol. The van der Waals surface area contributed by atoms with Gasteiger partial charge in [0.05, 0.1) is 0 Å². The topological polar surface area (TPSA) is 59.0 Å². The van der Waals surface area contributed by atoms with Crippen molar-refractivity contribution in [1.29, 1.82) is 0 Å². The molecular formula is C26H35NO4S. The van der Waals surface area contributed by atoms with Crippen LogP contribution in [0.5, 0.6) is 0 Å². The van der Waals surface area contributed by atoms with Crippen LogP contribution in [-0.4, -0.2) is 48.5 Å². The highest BCUT2D eigenvalue weighted by atomic mass is 32.1. The minimum Gasteiger partial charge on any atom is -0.459 e. The second-order valence-corrected chi connectivity index (χ2v) is 9.69. The third-order valence-electron chi connectivity index (χ3n) is 6.64. The minimum absolute atomic E-state index is 0.0108. The highest BCUT2D eigenvalue weighted by molar-refractivity contribution is 7.17. The molecule has 0 spiro atoms. The van der Waals surface area contributed by atoms with Crippen LogP contribution < -0.4 is 0 Å². The van der Waals surface area contributed by atoms with E-state index in [-0.39, 0.29) is 24.3 Å². The fourth-order valence-electron chi connectivity index (χ4n) is 4.98. The number of fused-ring (bicyclic) bond motifs is 1. The number of aliphatic hydroxyl groups excluding tert-OH is 1. The van der Waals surface area contributed by atoms with E-state index < -0.39 is 6.29 Å². The molecule has 0 saturated carbocycles. The Hall–Kier alpha value is -1.89. The zero-order valence-electron chi connectivity index (χ0n) is 19.0. The molecule has 6 heteroatoms. The van der Waals surface area contributed by atoms with E-state index in [1.807, 2.05) is 17.9 Å². The summed E-state index contributed by atoms with van der Waals surface area (Å²) in [7, 11) is 0. The Morgan fingerprint density at radius 3 is 2.69 bits per heavy atom. The van der Waals surface area contributed by atoms with Crippen molar-refractivity contribution in [3.8, 4) is 0 Å². The van der Waals surface area contributed by atoms with E-state index >= 15 is 0 Å². The smallest absolute Gasteiger partial charge is 0.288 e. The van der Waals surface area contributed by atoms with Crippen LogP contribution in [-0.2, 0) is 14.3 Å². The van der Waals surface area contributed by atoms with E-state index in [1.54, 1.807) is 11.3 Å². The van der Waals surface area contributed by atoms with Crippen LogP contribution in [0.25, 0.3) is 10.1 Å². The number of aliphatic hydroxyl groups is 1. The fourth-order valence-corrected chi connectivity index (χ4v) is 5.99. The van der Waals surface area contributed by atoms with Crippen LogP contribution in [0.15, 0.2) is 41.5 Å². The van der Waals surface area contributed by atoms with Gasteiger partial charge in [0.15, 0.2) is 5.76 Å². The first-order valence-electron chi connectivity index (χ1n) is 12.1. The first-order chi connectivity index (χ1) is 15.7. The van der Waals surface area contributed by atoms with E-state index in [1.165, 1.54) is 34.9 Å². The van der Waals surface area contributed by atoms with Gasteiger partial charge in [0.1, 0.15) is 0 Å². The molecule has 3 heterocycles. The summed E-state index contributed by atoms with van der Waals surface area (Å²) < 4.78 is 13.5. The number of benzene rings is 1. The number of carbonyl (C=O) groups excluding carboxylic acids is 1. The molecule has 1 amide bonds. The van der Waals surface area contributed by atoms with Crippen molar-refractivity contribution in [2.45, 2.75) is 64.1 Å². The molecule has 0 radical (unpaired) electrons. The quantitative estimate of drug-likeness (QED) is 0.601. The summed E-state index contributed by atoms with van der Waals surface area (Å²) in [6, 6.07) is 8.42. The number of likely N-dealkylation sites (tertiary alicyclic amines) is 1. The molecule has 3 atom stereocenters. The van der Waals surface area contributed by atoms with E-state index in [2.05, 4.69) is 29.6 Å². The maximum atomic E-state index is 13.5. The number of allylic oxidation sites excluding steroid dienone is 1. The molecule has 0 unspecified atom stereocenters. The van der Waals surface area contributed by atoms with Crippen LogP contribution in [0.3, 0.4) is 0 Å². The van der Waals surface area contributed by atoms with Crippen LogP contribution in [0.4, 0.5) is 0 Å².